The maximum Gasteiger partial charge on any atom is 0.524 e. The summed E-state index contributed by atoms with van der Waals surface area (Å²) in [6, 6.07) is 5.77. The Morgan fingerprint density at radius 1 is 1.41 bits per heavy atom. The van der Waals surface area contributed by atoms with Crippen molar-refractivity contribution in [3.05, 3.63) is 30.0 Å². The van der Waals surface area contributed by atoms with Crippen LogP contribution in [0.1, 0.15) is 19.4 Å². The Morgan fingerprint density at radius 2 is 2.18 bits per heavy atom. The van der Waals surface area contributed by atoms with Gasteiger partial charge < -0.3 is 9.51 Å². The first-order chi connectivity index (χ1) is 10.3. The highest BCUT2D eigenvalue weighted by Gasteiger charge is 2.31. The van der Waals surface area contributed by atoms with E-state index < -0.39 is 7.82 Å². The molecule has 0 spiro atoms. The van der Waals surface area contributed by atoms with Crippen molar-refractivity contribution in [1.82, 2.24) is 9.88 Å². The highest BCUT2D eigenvalue weighted by atomic mass is 31.2. The van der Waals surface area contributed by atoms with Crippen LogP contribution in [0.15, 0.2) is 24.4 Å². The van der Waals surface area contributed by atoms with Gasteiger partial charge in [0.25, 0.3) is 0 Å². The molecule has 1 aromatic carbocycles. The first-order valence-electron chi connectivity index (χ1n) is 7.43. The Bertz CT molecular complexity index is 723. The summed E-state index contributed by atoms with van der Waals surface area (Å²) in [6.07, 6.45) is 2.71. The minimum absolute atomic E-state index is 0.229. The number of hydrogen-bond donors (Lipinski definition) is 3. The van der Waals surface area contributed by atoms with Crippen LogP contribution in [0.3, 0.4) is 0 Å². The van der Waals surface area contributed by atoms with Crippen LogP contribution < -0.4 is 4.52 Å². The number of nitrogens with one attached hydrogen (secondary N) is 1. The van der Waals surface area contributed by atoms with Crippen LogP contribution in [-0.2, 0) is 11.0 Å². The van der Waals surface area contributed by atoms with E-state index in [-0.39, 0.29) is 5.75 Å². The number of phosphoric ester groups is 1. The molecule has 6 nitrogen and oxygen atoms in total. The minimum atomic E-state index is -4.56. The molecule has 2 atom stereocenters. The van der Waals surface area contributed by atoms with Crippen molar-refractivity contribution in [2.75, 3.05) is 13.1 Å². The molecule has 2 unspecified atom stereocenters. The van der Waals surface area contributed by atoms with E-state index in [1.54, 1.807) is 12.1 Å². The lowest BCUT2D eigenvalue weighted by atomic mass is 9.91. The second-order valence-corrected chi connectivity index (χ2v) is 7.20. The largest absolute Gasteiger partial charge is 0.524 e. The molecule has 120 valence electrons. The van der Waals surface area contributed by atoms with Crippen molar-refractivity contribution in [2.24, 2.45) is 5.92 Å². The van der Waals surface area contributed by atoms with Crippen LogP contribution in [0.4, 0.5) is 0 Å². The van der Waals surface area contributed by atoms with Gasteiger partial charge in [0.05, 0.1) is 0 Å². The van der Waals surface area contributed by atoms with Gasteiger partial charge in [-0.15, -0.1) is 0 Å². The van der Waals surface area contributed by atoms with E-state index in [1.165, 1.54) is 0 Å². The fourth-order valence-corrected chi connectivity index (χ4v) is 3.50. The van der Waals surface area contributed by atoms with Gasteiger partial charge >= 0.3 is 7.82 Å². The number of phosphoric acid groups is 1. The Morgan fingerprint density at radius 3 is 2.82 bits per heavy atom. The normalized spacial score (nSPS) is 22.7. The number of hydrogen-bond acceptors (Lipinski definition) is 3. The average Bonchev–Trinajstić information content (AvgIpc) is 2.85. The molecular weight excluding hydrogens is 303 g/mol. The summed E-state index contributed by atoms with van der Waals surface area (Å²) in [5.74, 6) is 0.962. The summed E-state index contributed by atoms with van der Waals surface area (Å²) in [5.41, 5.74) is 1.84. The molecule has 7 heteroatoms. The fraction of sp³-hybridized carbons (Fsp3) is 0.467. The zero-order valence-electron chi connectivity index (χ0n) is 12.7. The molecule has 1 saturated heterocycles. The van der Waals surface area contributed by atoms with Crippen LogP contribution in [0.25, 0.3) is 10.9 Å². The lowest BCUT2D eigenvalue weighted by Crippen LogP contribution is -2.53. The molecule has 2 heterocycles. The molecule has 0 radical (unpaired) electrons. The molecule has 1 aliphatic rings. The third-order valence-electron chi connectivity index (χ3n) is 4.56. The zero-order valence-corrected chi connectivity index (χ0v) is 13.6. The molecular formula is C15H21N2O4P. The first kappa shape index (κ1) is 15.6. The number of fused-ring (bicyclic) bond motifs is 1. The number of benzene rings is 1. The maximum atomic E-state index is 11.1. The van der Waals surface area contributed by atoms with E-state index in [9.17, 15) is 4.57 Å². The standard InChI is InChI=1S/C15H21N2O4P/c1-10-9-17(11(10)2)7-6-12-8-16-13-4-3-5-14(15(12)13)21-22(18,19)20/h3-5,8,10-11,16H,6-7,9H2,1-2H3,(H2,18,19,20). The second-order valence-electron chi connectivity index (χ2n) is 6.04. The Kier molecular flexibility index (Phi) is 4.03. The van der Waals surface area contributed by atoms with Crippen molar-refractivity contribution in [3.63, 3.8) is 0 Å². The summed E-state index contributed by atoms with van der Waals surface area (Å²) < 4.78 is 16.0. The summed E-state index contributed by atoms with van der Waals surface area (Å²) in [6.45, 7) is 6.52. The van der Waals surface area contributed by atoms with Gasteiger partial charge in [-0.3, -0.25) is 14.7 Å². The summed E-state index contributed by atoms with van der Waals surface area (Å²) in [5, 5.41) is 0.757. The Balaban J connectivity index is 1.82. The third-order valence-corrected chi connectivity index (χ3v) is 4.99. The maximum absolute atomic E-state index is 11.1. The topological polar surface area (TPSA) is 85.8 Å². The highest BCUT2D eigenvalue weighted by Crippen LogP contribution is 2.41. The van der Waals surface area contributed by atoms with Crippen molar-refractivity contribution in [1.29, 1.82) is 0 Å². The van der Waals surface area contributed by atoms with Gasteiger partial charge in [-0.1, -0.05) is 13.0 Å². The molecule has 1 aromatic heterocycles. The predicted octanol–water partition coefficient (Wildman–Crippen LogP) is 2.52. The number of nitrogens with zero attached hydrogens (tertiary/aromatic N) is 1. The monoisotopic (exact) mass is 324 g/mol. The van der Waals surface area contributed by atoms with Crippen molar-refractivity contribution < 1.29 is 18.9 Å². The number of H-pyrrole nitrogens is 1. The number of likely N-dealkylation sites (tertiary alicyclic amines) is 1. The zero-order chi connectivity index (χ0) is 15.9. The van der Waals surface area contributed by atoms with E-state index in [4.69, 9.17) is 14.3 Å². The minimum Gasteiger partial charge on any atom is -0.404 e. The first-order valence-corrected chi connectivity index (χ1v) is 8.96. The SMILES string of the molecule is CC1CN(CCc2c[nH]c3cccc(OP(=O)(O)O)c23)C1C. The molecule has 0 aliphatic carbocycles. The van der Waals surface area contributed by atoms with Crippen LogP contribution in [-0.4, -0.2) is 38.8 Å². The molecule has 3 N–H and O–H groups in total. The van der Waals surface area contributed by atoms with Gasteiger partial charge in [-0.05, 0) is 37.0 Å². The summed E-state index contributed by atoms with van der Waals surface area (Å²) in [4.78, 5) is 23.7. The third kappa shape index (κ3) is 3.06. The molecule has 3 rings (SSSR count). The molecule has 22 heavy (non-hydrogen) atoms. The Labute approximate surface area is 129 Å². The Hall–Kier alpha value is -1.33. The lowest BCUT2D eigenvalue weighted by molar-refractivity contribution is 0.0400. The van der Waals surface area contributed by atoms with Gasteiger partial charge in [0.2, 0.25) is 0 Å². The van der Waals surface area contributed by atoms with Crippen molar-refractivity contribution >= 4 is 18.7 Å². The van der Waals surface area contributed by atoms with Crippen LogP contribution in [0, 0.1) is 5.92 Å². The quantitative estimate of drug-likeness (QED) is 0.736. The van der Waals surface area contributed by atoms with E-state index in [1.807, 2.05) is 12.3 Å². The second kappa shape index (κ2) is 5.70. The van der Waals surface area contributed by atoms with Gasteiger partial charge in [-0.2, -0.15) is 0 Å². The van der Waals surface area contributed by atoms with E-state index in [2.05, 4.69) is 23.7 Å². The fourth-order valence-electron chi connectivity index (χ4n) is 3.09. The predicted molar refractivity (Wildman–Crippen MR) is 84.9 cm³/mol. The van der Waals surface area contributed by atoms with Crippen LogP contribution in [0.2, 0.25) is 0 Å². The van der Waals surface area contributed by atoms with E-state index in [0.29, 0.717) is 6.04 Å². The number of aromatic amines is 1. The highest BCUT2D eigenvalue weighted by molar-refractivity contribution is 7.46. The van der Waals surface area contributed by atoms with Gasteiger partial charge in [0, 0.05) is 36.2 Å². The number of aromatic nitrogens is 1. The summed E-state index contributed by atoms with van der Waals surface area (Å²) in [7, 11) is -4.56. The summed E-state index contributed by atoms with van der Waals surface area (Å²) >= 11 is 0. The molecule has 0 saturated carbocycles. The van der Waals surface area contributed by atoms with E-state index in [0.717, 1.165) is 41.9 Å². The van der Waals surface area contributed by atoms with Crippen LogP contribution in [0.5, 0.6) is 5.75 Å². The molecule has 1 aliphatic heterocycles. The van der Waals surface area contributed by atoms with Gasteiger partial charge in [-0.25, -0.2) is 4.57 Å². The smallest absolute Gasteiger partial charge is 0.404 e. The van der Waals surface area contributed by atoms with Crippen molar-refractivity contribution in [3.8, 4) is 5.75 Å². The van der Waals surface area contributed by atoms with Gasteiger partial charge in [0.15, 0.2) is 0 Å². The lowest BCUT2D eigenvalue weighted by Gasteiger charge is -2.45. The van der Waals surface area contributed by atoms with Crippen molar-refractivity contribution in [2.45, 2.75) is 26.3 Å². The van der Waals surface area contributed by atoms with Gasteiger partial charge in [0.1, 0.15) is 5.75 Å². The molecule has 1 fully saturated rings. The molecule has 2 aromatic rings. The average molecular weight is 324 g/mol. The molecule has 0 amide bonds. The van der Waals surface area contributed by atoms with E-state index >= 15 is 0 Å². The van der Waals surface area contributed by atoms with Crippen LogP contribution >= 0.6 is 7.82 Å². The number of rotatable bonds is 5. The molecule has 0 bridgehead atoms.